The van der Waals surface area contributed by atoms with E-state index < -0.39 is 5.97 Å². The fourth-order valence-electron chi connectivity index (χ4n) is 2.57. The quantitative estimate of drug-likeness (QED) is 0.378. The van der Waals surface area contributed by atoms with E-state index in [1.54, 1.807) is 30.7 Å². The largest absolute Gasteiger partial charge is 0.465 e. The van der Waals surface area contributed by atoms with E-state index >= 15 is 0 Å². The van der Waals surface area contributed by atoms with E-state index in [1.165, 1.54) is 30.2 Å². The minimum atomic E-state index is -0.486. The van der Waals surface area contributed by atoms with Gasteiger partial charge in [0.2, 0.25) is 5.91 Å². The van der Waals surface area contributed by atoms with Gasteiger partial charge in [0, 0.05) is 17.7 Å². The average molecular weight is 467 g/mol. The number of aromatic nitrogens is 3. The molecule has 158 valence electrons. The van der Waals surface area contributed by atoms with Crippen LogP contribution in [0, 0.1) is 0 Å². The number of methoxy groups -OCH3 is 2. The number of amides is 1. The molecule has 0 aliphatic rings. The summed E-state index contributed by atoms with van der Waals surface area (Å²) < 4.78 is 11.8. The monoisotopic (exact) mass is 466 g/mol. The van der Waals surface area contributed by atoms with Crippen LogP contribution in [0.2, 0.25) is 5.02 Å². The van der Waals surface area contributed by atoms with Gasteiger partial charge in [-0.15, -0.1) is 21.5 Å². The molecule has 1 amide bonds. The second-order valence-corrected chi connectivity index (χ2v) is 8.24. The van der Waals surface area contributed by atoms with Crippen molar-refractivity contribution >= 4 is 52.3 Å². The molecule has 0 bridgehead atoms. The van der Waals surface area contributed by atoms with Gasteiger partial charge in [0.25, 0.3) is 0 Å². The van der Waals surface area contributed by atoms with E-state index in [1.807, 2.05) is 16.7 Å². The first-order chi connectivity index (χ1) is 14.5. The number of anilines is 1. The number of ether oxygens (including phenoxy) is 2. The Morgan fingerprint density at radius 3 is 2.67 bits per heavy atom. The standard InChI is InChI=1S/C19H19ClN4O4S2/c1-27-9-8-24-17(12-3-5-13(20)6-4-12)22-23-19(24)30-11-15(25)21-14-7-10-29-16(14)18(26)28-2/h3-7,10H,8-9,11H2,1-2H3,(H,21,25). The van der Waals surface area contributed by atoms with Crippen LogP contribution in [0.4, 0.5) is 5.69 Å². The van der Waals surface area contributed by atoms with Gasteiger partial charge in [-0.3, -0.25) is 9.36 Å². The lowest BCUT2D eigenvalue weighted by molar-refractivity contribution is -0.113. The first-order valence-electron chi connectivity index (χ1n) is 8.80. The third-order valence-electron chi connectivity index (χ3n) is 3.98. The number of thioether (sulfide) groups is 1. The Kier molecular flexibility index (Phi) is 7.86. The molecule has 0 saturated heterocycles. The topological polar surface area (TPSA) is 95.3 Å². The van der Waals surface area contributed by atoms with Gasteiger partial charge in [0.15, 0.2) is 11.0 Å². The van der Waals surface area contributed by atoms with E-state index in [4.69, 9.17) is 21.1 Å². The molecule has 2 aromatic heterocycles. The van der Waals surface area contributed by atoms with E-state index in [2.05, 4.69) is 15.5 Å². The van der Waals surface area contributed by atoms with Crippen molar-refractivity contribution in [2.75, 3.05) is 31.9 Å². The maximum atomic E-state index is 12.4. The highest BCUT2D eigenvalue weighted by Crippen LogP contribution is 2.26. The Morgan fingerprint density at radius 1 is 1.20 bits per heavy atom. The third-order valence-corrected chi connectivity index (χ3v) is 6.09. The lowest BCUT2D eigenvalue weighted by Gasteiger charge is -2.10. The van der Waals surface area contributed by atoms with Gasteiger partial charge in [0.1, 0.15) is 4.88 Å². The highest BCUT2D eigenvalue weighted by molar-refractivity contribution is 7.99. The Hall–Kier alpha value is -2.40. The maximum Gasteiger partial charge on any atom is 0.350 e. The molecule has 11 heteroatoms. The molecule has 3 aromatic rings. The van der Waals surface area contributed by atoms with Gasteiger partial charge in [0.05, 0.1) is 31.7 Å². The molecule has 3 rings (SSSR count). The van der Waals surface area contributed by atoms with Gasteiger partial charge in [-0.1, -0.05) is 23.4 Å². The second-order valence-electron chi connectivity index (χ2n) is 5.95. The molecular weight excluding hydrogens is 448 g/mol. The zero-order valence-electron chi connectivity index (χ0n) is 16.3. The van der Waals surface area contributed by atoms with Crippen LogP contribution in [0.5, 0.6) is 0 Å². The molecule has 0 aliphatic heterocycles. The minimum absolute atomic E-state index is 0.0994. The molecule has 30 heavy (non-hydrogen) atoms. The van der Waals surface area contributed by atoms with Crippen LogP contribution in [-0.4, -0.2) is 53.2 Å². The van der Waals surface area contributed by atoms with E-state index in [0.29, 0.717) is 39.7 Å². The Balaban J connectivity index is 1.71. The summed E-state index contributed by atoms with van der Waals surface area (Å²) in [6.07, 6.45) is 0. The molecule has 1 N–H and O–H groups in total. The SMILES string of the molecule is COCCn1c(SCC(=O)Nc2ccsc2C(=O)OC)nnc1-c1ccc(Cl)cc1. The highest BCUT2D eigenvalue weighted by Gasteiger charge is 2.18. The van der Waals surface area contributed by atoms with E-state index in [-0.39, 0.29) is 11.7 Å². The molecular formula is C19H19ClN4O4S2. The summed E-state index contributed by atoms with van der Waals surface area (Å²) in [5, 5.41) is 14.2. The smallest absolute Gasteiger partial charge is 0.350 e. The summed E-state index contributed by atoms with van der Waals surface area (Å²) in [5.41, 5.74) is 1.29. The Labute approximate surface area is 186 Å². The maximum absolute atomic E-state index is 12.4. The molecule has 0 saturated carbocycles. The summed E-state index contributed by atoms with van der Waals surface area (Å²) in [7, 11) is 2.92. The number of hydrogen-bond acceptors (Lipinski definition) is 8. The lowest BCUT2D eigenvalue weighted by atomic mass is 10.2. The fraction of sp³-hybridized carbons (Fsp3) is 0.263. The van der Waals surface area contributed by atoms with Crippen LogP contribution in [0.15, 0.2) is 40.9 Å². The van der Waals surface area contributed by atoms with Crippen molar-refractivity contribution in [1.82, 2.24) is 14.8 Å². The Bertz CT molecular complexity index is 1020. The van der Waals surface area contributed by atoms with Gasteiger partial charge >= 0.3 is 5.97 Å². The van der Waals surface area contributed by atoms with E-state index in [9.17, 15) is 9.59 Å². The van der Waals surface area contributed by atoms with Gasteiger partial charge in [-0.2, -0.15) is 0 Å². The van der Waals surface area contributed by atoms with Crippen molar-refractivity contribution in [3.8, 4) is 11.4 Å². The number of benzene rings is 1. The second kappa shape index (κ2) is 10.6. The van der Waals surface area contributed by atoms with Crippen molar-refractivity contribution in [2.24, 2.45) is 0 Å². The molecule has 0 aliphatic carbocycles. The molecule has 0 atom stereocenters. The number of esters is 1. The number of thiophene rings is 1. The number of carbonyl (C=O) groups is 2. The number of rotatable bonds is 9. The molecule has 0 fully saturated rings. The Morgan fingerprint density at radius 2 is 1.97 bits per heavy atom. The number of nitrogens with zero attached hydrogens (tertiary/aromatic N) is 3. The summed E-state index contributed by atoms with van der Waals surface area (Å²) in [5.74, 6) is 0.0116. The lowest BCUT2D eigenvalue weighted by Crippen LogP contribution is -2.16. The molecule has 0 radical (unpaired) electrons. The molecule has 2 heterocycles. The number of halogens is 1. The minimum Gasteiger partial charge on any atom is -0.465 e. The predicted molar refractivity (Wildman–Crippen MR) is 117 cm³/mol. The third kappa shape index (κ3) is 5.39. The number of carbonyl (C=O) groups excluding carboxylic acids is 2. The molecule has 8 nitrogen and oxygen atoms in total. The van der Waals surface area contributed by atoms with Crippen molar-refractivity contribution in [3.05, 3.63) is 45.6 Å². The van der Waals surface area contributed by atoms with Crippen LogP contribution < -0.4 is 5.32 Å². The first-order valence-corrected chi connectivity index (χ1v) is 11.0. The van der Waals surface area contributed by atoms with Crippen molar-refractivity contribution in [1.29, 1.82) is 0 Å². The van der Waals surface area contributed by atoms with Crippen LogP contribution >= 0.6 is 34.7 Å². The van der Waals surface area contributed by atoms with E-state index in [0.717, 1.165) is 5.56 Å². The fourth-order valence-corrected chi connectivity index (χ4v) is 4.22. The molecule has 0 spiro atoms. The normalized spacial score (nSPS) is 10.8. The van der Waals surface area contributed by atoms with Crippen molar-refractivity contribution < 1.29 is 19.1 Å². The van der Waals surface area contributed by atoms with Gasteiger partial charge in [-0.05, 0) is 35.7 Å². The van der Waals surface area contributed by atoms with Crippen LogP contribution in [0.1, 0.15) is 9.67 Å². The predicted octanol–water partition coefficient (Wildman–Crippen LogP) is 3.82. The van der Waals surface area contributed by atoms with Crippen molar-refractivity contribution in [3.63, 3.8) is 0 Å². The van der Waals surface area contributed by atoms with Gasteiger partial charge < -0.3 is 14.8 Å². The first kappa shape index (κ1) is 22.3. The summed E-state index contributed by atoms with van der Waals surface area (Å²) in [6, 6.07) is 8.96. The number of hydrogen-bond donors (Lipinski definition) is 1. The van der Waals surface area contributed by atoms with Crippen LogP contribution in [-0.2, 0) is 20.8 Å². The summed E-state index contributed by atoms with van der Waals surface area (Å²) in [4.78, 5) is 24.5. The molecule has 1 aromatic carbocycles. The zero-order chi connectivity index (χ0) is 21.5. The van der Waals surface area contributed by atoms with Gasteiger partial charge in [-0.25, -0.2) is 4.79 Å². The van der Waals surface area contributed by atoms with Crippen LogP contribution in [0.25, 0.3) is 11.4 Å². The van der Waals surface area contributed by atoms with Crippen LogP contribution in [0.3, 0.4) is 0 Å². The summed E-state index contributed by atoms with van der Waals surface area (Å²) >= 11 is 8.43. The highest BCUT2D eigenvalue weighted by atomic mass is 35.5. The summed E-state index contributed by atoms with van der Waals surface area (Å²) in [6.45, 7) is 0.998. The van der Waals surface area contributed by atoms with Crippen molar-refractivity contribution in [2.45, 2.75) is 11.7 Å². The zero-order valence-corrected chi connectivity index (χ0v) is 18.6. The number of nitrogens with one attached hydrogen (secondary N) is 1. The molecule has 0 unspecified atom stereocenters. The average Bonchev–Trinajstić information content (AvgIpc) is 3.37.